The molecule has 0 unspecified atom stereocenters. The molecule has 1 amide bonds. The molecule has 0 heterocycles. The first-order valence-corrected chi connectivity index (χ1v) is 7.70. The van der Waals surface area contributed by atoms with Crippen molar-refractivity contribution >= 4 is 5.91 Å². The average Bonchev–Trinajstić information content (AvgIpc) is 2.53. The topological polar surface area (TPSA) is 47.6 Å². The van der Waals surface area contributed by atoms with Crippen LogP contribution in [-0.2, 0) is 19.8 Å². The predicted octanol–water partition coefficient (Wildman–Crippen LogP) is 2.63. The minimum atomic E-state index is -0.221. The normalized spacial score (nSPS) is 17.4. The molecule has 0 atom stereocenters. The summed E-state index contributed by atoms with van der Waals surface area (Å²) in [6.07, 6.45) is 5.55. The number of carbonyl (C=O) groups is 1. The molecule has 0 aliphatic heterocycles. The third-order valence-electron chi connectivity index (χ3n) is 4.08. The number of methoxy groups -OCH3 is 1. The Bertz CT molecular complexity index is 427. The summed E-state index contributed by atoms with van der Waals surface area (Å²) in [5.41, 5.74) is 0.983. The van der Waals surface area contributed by atoms with Crippen LogP contribution in [0.1, 0.15) is 37.7 Å². The van der Waals surface area contributed by atoms with Gasteiger partial charge < -0.3 is 14.8 Å². The zero-order valence-electron chi connectivity index (χ0n) is 12.8. The molecule has 0 spiro atoms. The zero-order chi connectivity index (χ0) is 15.0. The fourth-order valence-corrected chi connectivity index (χ4v) is 3.01. The average molecular weight is 291 g/mol. The lowest BCUT2D eigenvalue weighted by Crippen LogP contribution is -2.48. The van der Waals surface area contributed by atoms with Crippen LogP contribution in [0.4, 0.5) is 0 Å². The lowest BCUT2D eigenvalue weighted by Gasteiger charge is -2.38. The molecule has 1 saturated carbocycles. The van der Waals surface area contributed by atoms with Gasteiger partial charge in [0.2, 0.25) is 5.91 Å². The summed E-state index contributed by atoms with van der Waals surface area (Å²) in [5, 5.41) is 3.22. The highest BCUT2D eigenvalue weighted by Gasteiger charge is 2.35. The van der Waals surface area contributed by atoms with E-state index in [-0.39, 0.29) is 18.1 Å². The summed E-state index contributed by atoms with van der Waals surface area (Å²) in [6.45, 7) is 1.05. The van der Waals surface area contributed by atoms with Gasteiger partial charge in [-0.2, -0.15) is 0 Å². The van der Waals surface area contributed by atoms with Crippen molar-refractivity contribution < 1.29 is 14.3 Å². The van der Waals surface area contributed by atoms with E-state index in [1.54, 1.807) is 7.11 Å². The molecule has 2 rings (SSSR count). The van der Waals surface area contributed by atoms with Crippen molar-refractivity contribution in [1.82, 2.24) is 5.32 Å². The zero-order valence-corrected chi connectivity index (χ0v) is 12.8. The van der Waals surface area contributed by atoms with E-state index in [4.69, 9.17) is 9.47 Å². The molecule has 4 nitrogen and oxygen atoms in total. The Morgan fingerprint density at radius 3 is 2.52 bits per heavy atom. The number of nitrogens with one attached hydrogen (secondary N) is 1. The molecule has 21 heavy (non-hydrogen) atoms. The van der Waals surface area contributed by atoms with Gasteiger partial charge in [-0.1, -0.05) is 49.6 Å². The third-order valence-corrected chi connectivity index (χ3v) is 4.08. The first kappa shape index (κ1) is 16.0. The van der Waals surface area contributed by atoms with Gasteiger partial charge in [0.15, 0.2) is 0 Å². The minimum Gasteiger partial charge on any atom is -0.382 e. The Hall–Kier alpha value is -1.39. The maximum Gasteiger partial charge on any atom is 0.246 e. The van der Waals surface area contributed by atoms with Gasteiger partial charge in [0, 0.05) is 7.11 Å². The summed E-state index contributed by atoms with van der Waals surface area (Å²) in [4.78, 5) is 12.2. The summed E-state index contributed by atoms with van der Waals surface area (Å²) < 4.78 is 10.2. The van der Waals surface area contributed by atoms with Gasteiger partial charge in [-0.25, -0.2) is 0 Å². The lowest BCUT2D eigenvalue weighted by molar-refractivity contribution is -0.128. The summed E-state index contributed by atoms with van der Waals surface area (Å²) >= 11 is 0. The van der Waals surface area contributed by atoms with Crippen LogP contribution in [0.2, 0.25) is 0 Å². The lowest BCUT2D eigenvalue weighted by atomic mass is 9.76. The number of rotatable bonds is 7. The number of hydrogen-bond acceptors (Lipinski definition) is 3. The van der Waals surface area contributed by atoms with E-state index < -0.39 is 0 Å². The quantitative estimate of drug-likeness (QED) is 0.786. The van der Waals surface area contributed by atoms with E-state index in [9.17, 15) is 4.79 Å². The first-order chi connectivity index (χ1) is 10.3. The first-order valence-electron chi connectivity index (χ1n) is 7.70. The van der Waals surface area contributed by atoms with Gasteiger partial charge >= 0.3 is 0 Å². The molecule has 1 aliphatic carbocycles. The monoisotopic (exact) mass is 291 g/mol. The maximum absolute atomic E-state index is 12.2. The Labute approximate surface area is 126 Å². The number of carbonyl (C=O) groups excluding carboxylic acids is 1. The Kier molecular flexibility index (Phi) is 6.21. The van der Waals surface area contributed by atoms with Crippen LogP contribution in [0.5, 0.6) is 0 Å². The highest BCUT2D eigenvalue weighted by molar-refractivity contribution is 5.78. The molecule has 1 aliphatic rings. The number of ether oxygens (including phenoxy) is 2. The van der Waals surface area contributed by atoms with E-state index in [0.29, 0.717) is 13.2 Å². The van der Waals surface area contributed by atoms with Gasteiger partial charge in [0.1, 0.15) is 6.61 Å². The van der Waals surface area contributed by atoms with Crippen molar-refractivity contribution in [3.05, 3.63) is 35.9 Å². The van der Waals surface area contributed by atoms with Crippen LogP contribution in [0.25, 0.3) is 0 Å². The molecule has 0 bridgehead atoms. The standard InChI is InChI=1S/C17H25NO3/c1-20-12-13-21-14-16(19)18-17(10-6-3-7-11-17)15-8-4-2-5-9-15/h2,4-5,8-9H,3,6-7,10-14H2,1H3,(H,18,19). The SMILES string of the molecule is COCCOCC(=O)NC1(c2ccccc2)CCCCC1. The highest BCUT2D eigenvalue weighted by Crippen LogP contribution is 2.36. The van der Waals surface area contributed by atoms with Gasteiger partial charge in [-0.15, -0.1) is 0 Å². The van der Waals surface area contributed by atoms with E-state index in [1.807, 2.05) is 18.2 Å². The maximum atomic E-state index is 12.2. The number of hydrogen-bond donors (Lipinski definition) is 1. The molecular weight excluding hydrogens is 266 g/mol. The molecule has 1 aromatic carbocycles. The van der Waals surface area contributed by atoms with Crippen LogP contribution < -0.4 is 5.32 Å². The second-order valence-electron chi connectivity index (χ2n) is 5.60. The second-order valence-corrected chi connectivity index (χ2v) is 5.60. The molecule has 0 radical (unpaired) electrons. The second kappa shape index (κ2) is 8.15. The number of amides is 1. The predicted molar refractivity (Wildman–Crippen MR) is 82.0 cm³/mol. The van der Waals surface area contributed by atoms with Crippen LogP contribution in [0.3, 0.4) is 0 Å². The fraction of sp³-hybridized carbons (Fsp3) is 0.588. The Balaban J connectivity index is 1.98. The van der Waals surface area contributed by atoms with Crippen molar-refractivity contribution in [2.45, 2.75) is 37.6 Å². The van der Waals surface area contributed by atoms with Crippen molar-refractivity contribution in [2.24, 2.45) is 0 Å². The van der Waals surface area contributed by atoms with Crippen molar-refractivity contribution in [3.8, 4) is 0 Å². The highest BCUT2D eigenvalue weighted by atomic mass is 16.5. The fourth-order valence-electron chi connectivity index (χ4n) is 3.01. The smallest absolute Gasteiger partial charge is 0.246 e. The van der Waals surface area contributed by atoms with E-state index in [0.717, 1.165) is 25.7 Å². The largest absolute Gasteiger partial charge is 0.382 e. The molecule has 0 aromatic heterocycles. The minimum absolute atomic E-state index is 0.0446. The van der Waals surface area contributed by atoms with Crippen LogP contribution in [0, 0.1) is 0 Å². The van der Waals surface area contributed by atoms with Gasteiger partial charge in [-0.3, -0.25) is 4.79 Å². The van der Waals surface area contributed by atoms with Crippen LogP contribution in [-0.4, -0.2) is 32.8 Å². The van der Waals surface area contributed by atoms with Crippen LogP contribution in [0.15, 0.2) is 30.3 Å². The summed E-state index contributed by atoms with van der Waals surface area (Å²) in [6, 6.07) is 10.3. The molecule has 1 N–H and O–H groups in total. The van der Waals surface area contributed by atoms with Gasteiger partial charge in [0.25, 0.3) is 0 Å². The van der Waals surface area contributed by atoms with Gasteiger partial charge in [0.05, 0.1) is 18.8 Å². The van der Waals surface area contributed by atoms with E-state index >= 15 is 0 Å². The summed E-state index contributed by atoms with van der Waals surface area (Å²) in [5.74, 6) is -0.0446. The van der Waals surface area contributed by atoms with Crippen molar-refractivity contribution in [3.63, 3.8) is 0 Å². The molecule has 0 saturated heterocycles. The van der Waals surface area contributed by atoms with Crippen molar-refractivity contribution in [2.75, 3.05) is 26.9 Å². The molecule has 116 valence electrons. The Morgan fingerprint density at radius 1 is 1.14 bits per heavy atom. The molecule has 1 aromatic rings. The van der Waals surface area contributed by atoms with E-state index in [1.165, 1.54) is 12.0 Å². The Morgan fingerprint density at radius 2 is 1.86 bits per heavy atom. The van der Waals surface area contributed by atoms with E-state index in [2.05, 4.69) is 17.4 Å². The molecule has 1 fully saturated rings. The van der Waals surface area contributed by atoms with Gasteiger partial charge in [-0.05, 0) is 18.4 Å². The molecule has 4 heteroatoms. The van der Waals surface area contributed by atoms with Crippen molar-refractivity contribution in [1.29, 1.82) is 0 Å². The molecular formula is C17H25NO3. The number of benzene rings is 1. The van der Waals surface area contributed by atoms with Crippen LogP contribution >= 0.6 is 0 Å². The summed E-state index contributed by atoms with van der Waals surface area (Å²) in [7, 11) is 1.62. The third kappa shape index (κ3) is 4.55.